The van der Waals surface area contributed by atoms with Crippen LogP contribution in [0.2, 0.25) is 5.02 Å². The highest BCUT2D eigenvalue weighted by molar-refractivity contribution is 6.30. The van der Waals surface area contributed by atoms with Gasteiger partial charge in [-0.3, -0.25) is 9.59 Å². The molecule has 1 fully saturated rings. The van der Waals surface area contributed by atoms with Crippen molar-refractivity contribution in [1.29, 1.82) is 5.26 Å². The summed E-state index contributed by atoms with van der Waals surface area (Å²) in [6.45, 7) is 0. The number of halogens is 1. The summed E-state index contributed by atoms with van der Waals surface area (Å²) >= 11 is 6.11. The number of rotatable bonds is 5. The molecule has 0 N–H and O–H groups in total. The number of ketones is 1. The van der Waals surface area contributed by atoms with Crippen molar-refractivity contribution < 1.29 is 14.3 Å². The van der Waals surface area contributed by atoms with Crippen molar-refractivity contribution in [3.8, 4) is 6.07 Å². The fraction of sp³-hybridized carbons (Fsp3) is 0.233. The zero-order chi connectivity index (χ0) is 26.3. The van der Waals surface area contributed by atoms with Crippen molar-refractivity contribution in [1.82, 2.24) is 0 Å². The third kappa shape index (κ3) is 3.78. The molecule has 2 aliphatic rings. The van der Waals surface area contributed by atoms with Gasteiger partial charge in [0.1, 0.15) is 6.04 Å². The number of benzene rings is 3. The molecule has 0 radical (unpaired) electrons. The molecule has 5 rings (SSSR count). The molecule has 6 nitrogen and oxygen atoms in total. The summed E-state index contributed by atoms with van der Waals surface area (Å²) in [7, 11) is 5.16. The van der Waals surface area contributed by atoms with Gasteiger partial charge in [0.2, 0.25) is 0 Å². The highest BCUT2D eigenvalue weighted by atomic mass is 35.5. The van der Waals surface area contributed by atoms with Gasteiger partial charge in [0.25, 0.3) is 0 Å². The minimum atomic E-state index is -1.66. The largest absolute Gasteiger partial charge is 0.468 e. The Morgan fingerprint density at radius 3 is 2.32 bits per heavy atom. The fourth-order valence-electron chi connectivity index (χ4n) is 5.67. The van der Waals surface area contributed by atoms with Crippen LogP contribution < -0.4 is 9.80 Å². The van der Waals surface area contributed by atoms with Gasteiger partial charge >= 0.3 is 5.97 Å². The standard InChI is InChI=1S/C30H26ClN3O3/c1-33(2)23-15-10-20(11-16-23)26-27(28(35)21-8-13-22(31)14-9-21)34-24-7-5-4-6-19(24)12-17-25(34)30(26,18-32)29(36)37-3/h4-17,25-27H,1-3H3/t25-,26+,27-,30+/m1/s1. The smallest absolute Gasteiger partial charge is 0.329 e. The predicted molar refractivity (Wildman–Crippen MR) is 145 cm³/mol. The summed E-state index contributed by atoms with van der Waals surface area (Å²) in [5.74, 6) is -1.67. The third-order valence-corrected chi connectivity index (χ3v) is 7.67. The molecule has 1 saturated heterocycles. The second-order valence-corrected chi connectivity index (χ2v) is 9.96. The zero-order valence-corrected chi connectivity index (χ0v) is 21.5. The monoisotopic (exact) mass is 511 g/mol. The van der Waals surface area contributed by atoms with Crippen LogP contribution in [0.25, 0.3) is 6.08 Å². The number of esters is 1. The lowest BCUT2D eigenvalue weighted by atomic mass is 9.68. The maximum Gasteiger partial charge on any atom is 0.329 e. The number of hydrogen-bond acceptors (Lipinski definition) is 6. The van der Waals surface area contributed by atoms with Crippen LogP contribution in [0.3, 0.4) is 0 Å². The Balaban J connectivity index is 1.79. The third-order valence-electron chi connectivity index (χ3n) is 7.42. The van der Waals surface area contributed by atoms with Crippen LogP contribution in [-0.4, -0.2) is 45.0 Å². The first-order chi connectivity index (χ1) is 17.8. The number of methoxy groups -OCH3 is 1. The Morgan fingerprint density at radius 1 is 1.03 bits per heavy atom. The first-order valence-corrected chi connectivity index (χ1v) is 12.3. The molecule has 37 heavy (non-hydrogen) atoms. The van der Waals surface area contributed by atoms with Gasteiger partial charge in [0.05, 0.1) is 19.2 Å². The van der Waals surface area contributed by atoms with Crippen molar-refractivity contribution in [2.75, 3.05) is 31.0 Å². The van der Waals surface area contributed by atoms with Gasteiger partial charge in [0, 0.05) is 42.0 Å². The van der Waals surface area contributed by atoms with Gasteiger partial charge < -0.3 is 14.5 Å². The highest BCUT2D eigenvalue weighted by Crippen LogP contribution is 2.56. The van der Waals surface area contributed by atoms with E-state index in [9.17, 15) is 14.9 Å². The Bertz CT molecular complexity index is 1430. The number of carbonyl (C=O) groups excluding carboxylic acids is 2. The number of anilines is 2. The maximum absolute atomic E-state index is 14.3. The molecule has 3 aromatic carbocycles. The number of Topliss-reactive ketones (excluding diaryl/α,β-unsaturated/α-hetero) is 1. The summed E-state index contributed by atoms with van der Waals surface area (Å²) in [6.07, 6.45) is 3.76. The molecule has 0 unspecified atom stereocenters. The molecule has 0 aromatic heterocycles. The van der Waals surface area contributed by atoms with Crippen molar-refractivity contribution in [3.05, 3.63) is 101 Å². The van der Waals surface area contributed by atoms with Gasteiger partial charge in [-0.1, -0.05) is 54.1 Å². The van der Waals surface area contributed by atoms with E-state index in [4.69, 9.17) is 16.3 Å². The van der Waals surface area contributed by atoms with Gasteiger partial charge in [0.15, 0.2) is 11.2 Å². The number of ether oxygens (including phenoxy) is 1. The predicted octanol–water partition coefficient (Wildman–Crippen LogP) is 5.34. The van der Waals surface area contributed by atoms with E-state index in [2.05, 4.69) is 6.07 Å². The second kappa shape index (κ2) is 9.42. The molecule has 0 saturated carbocycles. The van der Waals surface area contributed by atoms with E-state index in [0.717, 1.165) is 16.9 Å². The highest BCUT2D eigenvalue weighted by Gasteiger charge is 2.67. The molecular weight excluding hydrogens is 486 g/mol. The minimum Gasteiger partial charge on any atom is -0.468 e. The van der Waals surface area contributed by atoms with Gasteiger partial charge in [-0.25, -0.2) is 0 Å². The van der Waals surface area contributed by atoms with E-state index < -0.39 is 29.4 Å². The lowest BCUT2D eigenvalue weighted by Crippen LogP contribution is -2.46. The number of fused-ring (bicyclic) bond motifs is 3. The lowest BCUT2D eigenvalue weighted by molar-refractivity contribution is -0.150. The molecule has 0 amide bonds. The van der Waals surface area contributed by atoms with Crippen molar-refractivity contribution in [2.24, 2.45) is 5.41 Å². The SMILES string of the molecule is COC(=O)[C@]1(C#N)[C@@H](c2ccc(N(C)C)cc2)[C@H](C(=O)c2ccc(Cl)cc2)N2c3ccccc3C=C[C@@H]21. The average Bonchev–Trinajstić information content (AvgIpc) is 3.24. The summed E-state index contributed by atoms with van der Waals surface area (Å²) in [5.41, 5.74) is 2.17. The van der Waals surface area contributed by atoms with E-state index in [1.807, 2.05) is 84.6 Å². The van der Waals surface area contributed by atoms with E-state index in [1.54, 1.807) is 24.3 Å². The quantitative estimate of drug-likeness (QED) is 0.340. The Morgan fingerprint density at radius 2 is 1.70 bits per heavy atom. The van der Waals surface area contributed by atoms with E-state index in [0.29, 0.717) is 16.1 Å². The van der Waals surface area contributed by atoms with Crippen LogP contribution in [0.1, 0.15) is 27.4 Å². The Labute approximate surface area is 221 Å². The molecular formula is C30H26ClN3O3. The number of nitrogens with zero attached hydrogens (tertiary/aromatic N) is 3. The summed E-state index contributed by atoms with van der Waals surface area (Å²) in [4.78, 5) is 31.8. The first-order valence-electron chi connectivity index (χ1n) is 12.0. The molecule has 0 spiro atoms. The molecule has 3 aromatic rings. The van der Waals surface area contributed by atoms with Gasteiger partial charge in [-0.15, -0.1) is 0 Å². The number of hydrogen-bond donors (Lipinski definition) is 0. The lowest BCUT2D eigenvalue weighted by Gasteiger charge is -2.36. The van der Waals surface area contributed by atoms with Crippen molar-refractivity contribution in [3.63, 3.8) is 0 Å². The van der Waals surface area contributed by atoms with Crippen molar-refractivity contribution >= 4 is 40.8 Å². The number of nitriles is 1. The van der Waals surface area contributed by atoms with Crippen LogP contribution in [0.5, 0.6) is 0 Å². The fourth-order valence-corrected chi connectivity index (χ4v) is 5.80. The van der Waals surface area contributed by atoms with Crippen LogP contribution in [0.15, 0.2) is 78.9 Å². The maximum atomic E-state index is 14.3. The summed E-state index contributed by atoms with van der Waals surface area (Å²) in [6, 6.07) is 22.8. The molecule has 2 heterocycles. The summed E-state index contributed by atoms with van der Waals surface area (Å²) in [5, 5.41) is 11.3. The number of carbonyl (C=O) groups is 2. The van der Waals surface area contributed by atoms with E-state index >= 15 is 0 Å². The molecule has 4 atom stereocenters. The second-order valence-electron chi connectivity index (χ2n) is 9.52. The molecule has 2 aliphatic heterocycles. The average molecular weight is 512 g/mol. The number of para-hydroxylation sites is 1. The molecule has 0 aliphatic carbocycles. The topological polar surface area (TPSA) is 73.6 Å². The normalized spacial score (nSPS) is 23.5. The Hall–Kier alpha value is -4.08. The molecule has 7 heteroatoms. The van der Waals surface area contributed by atoms with E-state index in [-0.39, 0.29) is 5.78 Å². The first kappa shape index (κ1) is 24.6. The minimum absolute atomic E-state index is 0.200. The van der Waals surface area contributed by atoms with Crippen LogP contribution in [0, 0.1) is 16.7 Å². The molecule has 186 valence electrons. The zero-order valence-electron chi connectivity index (χ0n) is 20.8. The molecule has 0 bridgehead atoms. The van der Waals surface area contributed by atoms with Crippen molar-refractivity contribution in [2.45, 2.75) is 18.0 Å². The van der Waals surface area contributed by atoms with Gasteiger partial charge in [-0.05, 0) is 53.6 Å². The van der Waals surface area contributed by atoms with Crippen LogP contribution in [-0.2, 0) is 9.53 Å². The Kier molecular flexibility index (Phi) is 6.26. The van der Waals surface area contributed by atoms with Crippen LogP contribution >= 0.6 is 11.6 Å². The summed E-state index contributed by atoms with van der Waals surface area (Å²) < 4.78 is 5.27. The van der Waals surface area contributed by atoms with E-state index in [1.165, 1.54) is 7.11 Å². The van der Waals surface area contributed by atoms with Gasteiger partial charge in [-0.2, -0.15) is 5.26 Å². The van der Waals surface area contributed by atoms with Crippen LogP contribution in [0.4, 0.5) is 11.4 Å².